The van der Waals surface area contributed by atoms with Gasteiger partial charge in [-0.3, -0.25) is 9.52 Å². The van der Waals surface area contributed by atoms with Gasteiger partial charge in [-0.25, -0.2) is 13.8 Å². The number of benzene rings is 3. The van der Waals surface area contributed by atoms with Crippen molar-refractivity contribution in [1.29, 1.82) is 0 Å². The lowest BCUT2D eigenvalue weighted by Crippen LogP contribution is -2.21. The normalized spacial score (nSPS) is 11.3. The molecular weight excluding hydrogens is 436 g/mol. The summed E-state index contributed by atoms with van der Waals surface area (Å²) in [5.41, 5.74) is 4.56. The Morgan fingerprint density at radius 3 is 2.26 bits per heavy atom. The molecule has 0 heterocycles. The zero-order valence-electron chi connectivity index (χ0n) is 16.9. The fourth-order valence-corrected chi connectivity index (χ4v) is 3.88. The lowest BCUT2D eigenvalue weighted by atomic mass is 10.2. The molecule has 2 N–H and O–H groups in total. The predicted molar refractivity (Wildman–Crippen MR) is 125 cm³/mol. The van der Waals surface area contributed by atoms with E-state index >= 15 is 0 Å². The second kappa shape index (κ2) is 9.63. The van der Waals surface area contributed by atoms with E-state index in [1.807, 2.05) is 43.3 Å². The van der Waals surface area contributed by atoms with E-state index in [0.717, 1.165) is 11.3 Å². The van der Waals surface area contributed by atoms with Gasteiger partial charge in [0.05, 0.1) is 22.4 Å². The molecule has 31 heavy (non-hydrogen) atoms. The lowest BCUT2D eigenvalue weighted by Gasteiger charge is -2.12. The molecule has 0 saturated carbocycles. The maximum Gasteiger partial charge on any atom is 0.273 e. The molecule has 0 radical (unpaired) electrons. The van der Waals surface area contributed by atoms with Crippen molar-refractivity contribution in [2.45, 2.75) is 4.90 Å². The fourth-order valence-electron chi connectivity index (χ4n) is 2.67. The highest BCUT2D eigenvalue weighted by molar-refractivity contribution is 7.92. The highest BCUT2D eigenvalue weighted by Gasteiger charge is 2.18. The standard InChI is InChI=1S/C22H21ClN4O3S/c1-27(2)18-11-7-16(8-12-18)15-24-25-22(28)20-5-3-4-6-21(20)26-31(29,30)19-13-9-17(23)10-14-19/h3-15,26H,1-2H3,(H,25,28)/b24-15-. The van der Waals surface area contributed by atoms with E-state index in [0.29, 0.717) is 5.02 Å². The molecule has 3 aromatic carbocycles. The van der Waals surface area contributed by atoms with Crippen molar-refractivity contribution in [3.05, 3.63) is 88.9 Å². The largest absolute Gasteiger partial charge is 0.378 e. The first-order valence-corrected chi connectivity index (χ1v) is 11.1. The van der Waals surface area contributed by atoms with Gasteiger partial charge in [0.1, 0.15) is 0 Å². The Kier molecular flexibility index (Phi) is 6.94. The number of amides is 1. The van der Waals surface area contributed by atoms with Gasteiger partial charge < -0.3 is 4.90 Å². The number of hydrazone groups is 1. The summed E-state index contributed by atoms with van der Waals surface area (Å²) in [4.78, 5) is 14.6. The summed E-state index contributed by atoms with van der Waals surface area (Å²) in [6, 6.07) is 19.6. The number of carbonyl (C=O) groups is 1. The minimum atomic E-state index is -3.89. The van der Waals surface area contributed by atoms with Gasteiger partial charge in [0.25, 0.3) is 15.9 Å². The highest BCUT2D eigenvalue weighted by Crippen LogP contribution is 2.21. The summed E-state index contributed by atoms with van der Waals surface area (Å²) < 4.78 is 27.7. The van der Waals surface area contributed by atoms with Gasteiger partial charge >= 0.3 is 0 Å². The van der Waals surface area contributed by atoms with Crippen LogP contribution in [-0.4, -0.2) is 34.6 Å². The number of carbonyl (C=O) groups excluding carboxylic acids is 1. The Morgan fingerprint density at radius 1 is 0.968 bits per heavy atom. The molecule has 160 valence electrons. The van der Waals surface area contributed by atoms with Crippen LogP contribution in [0.4, 0.5) is 11.4 Å². The SMILES string of the molecule is CN(C)c1ccc(/C=N\NC(=O)c2ccccc2NS(=O)(=O)c2ccc(Cl)cc2)cc1. The average molecular weight is 457 g/mol. The van der Waals surface area contributed by atoms with Crippen molar-refractivity contribution >= 4 is 45.1 Å². The summed E-state index contributed by atoms with van der Waals surface area (Å²) in [7, 11) is 0.000918. The van der Waals surface area contributed by atoms with Crippen LogP contribution in [0.15, 0.2) is 82.8 Å². The number of nitrogens with one attached hydrogen (secondary N) is 2. The van der Waals surface area contributed by atoms with Crippen molar-refractivity contribution in [3.8, 4) is 0 Å². The maximum absolute atomic E-state index is 12.6. The average Bonchev–Trinajstić information content (AvgIpc) is 2.74. The third-order valence-corrected chi connectivity index (χ3v) is 5.96. The number of nitrogens with zero attached hydrogens (tertiary/aromatic N) is 2. The molecule has 0 atom stereocenters. The third-order valence-electron chi connectivity index (χ3n) is 4.33. The van der Waals surface area contributed by atoms with Crippen LogP contribution in [0.1, 0.15) is 15.9 Å². The van der Waals surface area contributed by atoms with E-state index in [-0.39, 0.29) is 16.1 Å². The Morgan fingerprint density at radius 2 is 1.61 bits per heavy atom. The van der Waals surface area contributed by atoms with Gasteiger partial charge in [0, 0.05) is 24.8 Å². The third kappa shape index (κ3) is 5.84. The topological polar surface area (TPSA) is 90.9 Å². The fraction of sp³-hybridized carbons (Fsp3) is 0.0909. The summed E-state index contributed by atoms with van der Waals surface area (Å²) in [6.45, 7) is 0. The van der Waals surface area contributed by atoms with Crippen LogP contribution in [0.25, 0.3) is 0 Å². The van der Waals surface area contributed by atoms with Crippen molar-refractivity contribution < 1.29 is 13.2 Å². The van der Waals surface area contributed by atoms with Crippen LogP contribution in [0.3, 0.4) is 0 Å². The van der Waals surface area contributed by atoms with Crippen molar-refractivity contribution in [1.82, 2.24) is 5.43 Å². The second-order valence-electron chi connectivity index (χ2n) is 6.79. The monoisotopic (exact) mass is 456 g/mol. The van der Waals surface area contributed by atoms with Gasteiger partial charge in [-0.15, -0.1) is 0 Å². The molecule has 0 spiro atoms. The number of para-hydroxylation sites is 1. The molecule has 0 fully saturated rings. The quantitative estimate of drug-likeness (QED) is 0.415. The van der Waals surface area contributed by atoms with Crippen molar-refractivity contribution in [3.63, 3.8) is 0 Å². The van der Waals surface area contributed by atoms with Gasteiger partial charge in [0.15, 0.2) is 0 Å². The Hall–Kier alpha value is -3.36. The second-order valence-corrected chi connectivity index (χ2v) is 8.91. The minimum Gasteiger partial charge on any atom is -0.378 e. The van der Waals surface area contributed by atoms with Crippen LogP contribution < -0.4 is 15.0 Å². The molecule has 7 nitrogen and oxygen atoms in total. The number of hydrogen-bond acceptors (Lipinski definition) is 5. The lowest BCUT2D eigenvalue weighted by molar-refractivity contribution is 0.0956. The summed E-state index contributed by atoms with van der Waals surface area (Å²) in [5, 5.41) is 4.39. The van der Waals surface area contributed by atoms with Crippen LogP contribution in [0.5, 0.6) is 0 Å². The molecule has 0 aromatic heterocycles. The van der Waals surface area contributed by atoms with E-state index in [1.54, 1.807) is 12.1 Å². The number of hydrogen-bond donors (Lipinski definition) is 2. The number of rotatable bonds is 7. The summed E-state index contributed by atoms with van der Waals surface area (Å²) in [6.07, 6.45) is 1.51. The molecule has 1 amide bonds. The Bertz CT molecular complexity index is 1190. The highest BCUT2D eigenvalue weighted by atomic mass is 35.5. The Labute approximate surface area is 186 Å². The van der Waals surface area contributed by atoms with Crippen molar-refractivity contribution in [2.75, 3.05) is 23.7 Å². The summed E-state index contributed by atoms with van der Waals surface area (Å²) in [5.74, 6) is -0.546. The number of halogens is 1. The molecule has 3 rings (SSSR count). The van der Waals surface area contributed by atoms with Crippen LogP contribution in [0, 0.1) is 0 Å². The minimum absolute atomic E-state index is 0.0336. The molecular formula is C22H21ClN4O3S. The van der Waals surface area contributed by atoms with Gasteiger partial charge in [-0.05, 0) is 54.1 Å². The number of anilines is 2. The smallest absolute Gasteiger partial charge is 0.273 e. The van der Waals surface area contributed by atoms with Crippen LogP contribution in [-0.2, 0) is 10.0 Å². The van der Waals surface area contributed by atoms with Gasteiger partial charge in [0.2, 0.25) is 0 Å². The maximum atomic E-state index is 12.6. The molecule has 9 heteroatoms. The van der Waals surface area contributed by atoms with E-state index in [2.05, 4.69) is 15.2 Å². The first kappa shape index (κ1) is 22.3. The van der Waals surface area contributed by atoms with E-state index < -0.39 is 15.9 Å². The van der Waals surface area contributed by atoms with Crippen LogP contribution >= 0.6 is 11.6 Å². The molecule has 0 aliphatic rings. The van der Waals surface area contributed by atoms with Crippen LogP contribution in [0.2, 0.25) is 5.02 Å². The van der Waals surface area contributed by atoms with Gasteiger partial charge in [-0.2, -0.15) is 5.10 Å². The van der Waals surface area contributed by atoms with Crippen molar-refractivity contribution in [2.24, 2.45) is 5.10 Å². The first-order valence-electron chi connectivity index (χ1n) is 9.24. The van der Waals surface area contributed by atoms with E-state index in [1.165, 1.54) is 42.6 Å². The Balaban J connectivity index is 1.73. The van der Waals surface area contributed by atoms with E-state index in [4.69, 9.17) is 11.6 Å². The predicted octanol–water partition coefficient (Wildman–Crippen LogP) is 3.97. The molecule has 0 bridgehead atoms. The summed E-state index contributed by atoms with van der Waals surface area (Å²) >= 11 is 5.82. The number of sulfonamides is 1. The molecule has 0 unspecified atom stereocenters. The molecule has 3 aromatic rings. The molecule has 0 aliphatic carbocycles. The zero-order chi connectivity index (χ0) is 22.4. The first-order chi connectivity index (χ1) is 14.8. The molecule has 0 saturated heterocycles. The van der Waals surface area contributed by atoms with E-state index in [9.17, 15) is 13.2 Å². The van der Waals surface area contributed by atoms with Gasteiger partial charge in [-0.1, -0.05) is 35.9 Å². The molecule has 0 aliphatic heterocycles. The zero-order valence-corrected chi connectivity index (χ0v) is 18.5.